The van der Waals surface area contributed by atoms with Gasteiger partial charge in [-0.15, -0.1) is 0 Å². The molecule has 0 aromatic carbocycles. The third-order valence-electron chi connectivity index (χ3n) is 5.15. The number of carboxylic acids is 2. The maximum Gasteiger partial charge on any atom is 0.303 e. The Hall–Kier alpha value is -3.18. The standard InChI is InChI=1S/C23H40N4O8/c1-12(2)20(26-16(28)7-9-18(30)31)22(34)24-14(5)11-15(6)25-23(35)21(13(3)4)27-17(29)8-10-19(32)33/h12-15,20-21H,7-11H2,1-6H3,(H,24,34)(H,25,35)(H,26,28)(H,27,29)(H,30,31)(H,32,33)/t14?,15?,20-,21-/m0/s1. The van der Waals surface area contributed by atoms with Crippen molar-refractivity contribution in [2.24, 2.45) is 11.8 Å². The zero-order valence-electron chi connectivity index (χ0n) is 21.3. The topological polar surface area (TPSA) is 191 Å². The Bertz CT molecular complexity index is 707. The van der Waals surface area contributed by atoms with E-state index < -0.39 is 47.7 Å². The summed E-state index contributed by atoms with van der Waals surface area (Å²) >= 11 is 0. The summed E-state index contributed by atoms with van der Waals surface area (Å²) in [4.78, 5) is 70.6. The van der Waals surface area contributed by atoms with Crippen molar-refractivity contribution in [2.75, 3.05) is 0 Å². The van der Waals surface area contributed by atoms with E-state index >= 15 is 0 Å². The number of carbonyl (C=O) groups is 6. The summed E-state index contributed by atoms with van der Waals surface area (Å²) in [5, 5.41) is 28.1. The highest BCUT2D eigenvalue weighted by Gasteiger charge is 2.28. The highest BCUT2D eigenvalue weighted by molar-refractivity contribution is 5.90. The van der Waals surface area contributed by atoms with E-state index in [9.17, 15) is 28.8 Å². The van der Waals surface area contributed by atoms with Gasteiger partial charge in [-0.25, -0.2) is 0 Å². The maximum atomic E-state index is 12.7. The molecule has 35 heavy (non-hydrogen) atoms. The van der Waals surface area contributed by atoms with E-state index in [4.69, 9.17) is 10.2 Å². The lowest BCUT2D eigenvalue weighted by Crippen LogP contribution is -2.54. The van der Waals surface area contributed by atoms with Crippen LogP contribution in [0, 0.1) is 11.8 Å². The molecule has 12 nitrogen and oxygen atoms in total. The van der Waals surface area contributed by atoms with Gasteiger partial charge in [0.2, 0.25) is 23.6 Å². The lowest BCUT2D eigenvalue weighted by molar-refractivity contribution is -0.139. The van der Waals surface area contributed by atoms with Crippen LogP contribution in [0.2, 0.25) is 0 Å². The highest BCUT2D eigenvalue weighted by atomic mass is 16.4. The monoisotopic (exact) mass is 500 g/mol. The first-order chi connectivity index (χ1) is 16.1. The van der Waals surface area contributed by atoms with Crippen molar-refractivity contribution in [1.82, 2.24) is 21.3 Å². The van der Waals surface area contributed by atoms with Crippen LogP contribution in [0.1, 0.15) is 73.6 Å². The zero-order chi connectivity index (χ0) is 27.3. The first-order valence-electron chi connectivity index (χ1n) is 11.8. The summed E-state index contributed by atoms with van der Waals surface area (Å²) in [5.74, 6) is -4.56. The van der Waals surface area contributed by atoms with Gasteiger partial charge in [-0.05, 0) is 32.1 Å². The van der Waals surface area contributed by atoms with Crippen molar-refractivity contribution in [3.63, 3.8) is 0 Å². The van der Waals surface area contributed by atoms with E-state index in [1.807, 2.05) is 0 Å². The number of amides is 4. The van der Waals surface area contributed by atoms with Crippen LogP contribution in [0.5, 0.6) is 0 Å². The SMILES string of the molecule is CC(CC(C)NC(=O)[C@@H](NC(=O)CCC(=O)O)C(C)C)NC(=O)[C@@H](NC(=O)CCC(=O)O)C(C)C. The molecule has 0 saturated carbocycles. The van der Waals surface area contributed by atoms with Crippen LogP contribution in [-0.4, -0.2) is 69.9 Å². The zero-order valence-corrected chi connectivity index (χ0v) is 21.3. The maximum absolute atomic E-state index is 12.7. The molecule has 0 heterocycles. The predicted octanol–water partition coefficient (Wildman–Crippen LogP) is 0.397. The third kappa shape index (κ3) is 14.0. The first kappa shape index (κ1) is 31.8. The second-order valence-electron chi connectivity index (χ2n) is 9.42. The van der Waals surface area contributed by atoms with Crippen LogP contribution in [0.3, 0.4) is 0 Å². The minimum Gasteiger partial charge on any atom is -0.481 e. The summed E-state index contributed by atoms with van der Waals surface area (Å²) < 4.78 is 0. The van der Waals surface area contributed by atoms with Gasteiger partial charge in [0.25, 0.3) is 0 Å². The van der Waals surface area contributed by atoms with Crippen molar-refractivity contribution in [3.05, 3.63) is 0 Å². The summed E-state index contributed by atoms with van der Waals surface area (Å²) in [6, 6.07) is -2.40. The van der Waals surface area contributed by atoms with Gasteiger partial charge in [-0.3, -0.25) is 28.8 Å². The second kappa shape index (κ2) is 15.7. The van der Waals surface area contributed by atoms with E-state index in [-0.39, 0.29) is 49.6 Å². The highest BCUT2D eigenvalue weighted by Crippen LogP contribution is 2.07. The summed E-state index contributed by atoms with van der Waals surface area (Å²) in [6.45, 7) is 10.5. The lowest BCUT2D eigenvalue weighted by Gasteiger charge is -2.27. The lowest BCUT2D eigenvalue weighted by atomic mass is 10.0. The van der Waals surface area contributed by atoms with E-state index in [1.165, 1.54) is 0 Å². The van der Waals surface area contributed by atoms with Crippen LogP contribution >= 0.6 is 0 Å². The van der Waals surface area contributed by atoms with E-state index in [1.54, 1.807) is 41.5 Å². The number of nitrogens with one attached hydrogen (secondary N) is 4. The van der Waals surface area contributed by atoms with Crippen LogP contribution in [-0.2, 0) is 28.8 Å². The summed E-state index contributed by atoms with van der Waals surface area (Å²) in [5.41, 5.74) is 0. The molecule has 200 valence electrons. The molecule has 0 aromatic rings. The number of carboxylic acid groups (broad SMARTS) is 2. The van der Waals surface area contributed by atoms with Gasteiger partial charge in [0, 0.05) is 24.9 Å². The van der Waals surface area contributed by atoms with Crippen LogP contribution < -0.4 is 21.3 Å². The first-order valence-corrected chi connectivity index (χ1v) is 11.8. The summed E-state index contributed by atoms with van der Waals surface area (Å²) in [6.07, 6.45) is -0.748. The van der Waals surface area contributed by atoms with Crippen molar-refractivity contribution < 1.29 is 39.0 Å². The van der Waals surface area contributed by atoms with Gasteiger partial charge in [-0.2, -0.15) is 0 Å². The van der Waals surface area contributed by atoms with Crippen LogP contribution in [0.25, 0.3) is 0 Å². The van der Waals surface area contributed by atoms with E-state index in [2.05, 4.69) is 21.3 Å². The fourth-order valence-electron chi connectivity index (χ4n) is 3.32. The Balaban J connectivity index is 4.85. The molecule has 0 bridgehead atoms. The van der Waals surface area contributed by atoms with Crippen molar-refractivity contribution >= 4 is 35.6 Å². The number of aliphatic carboxylic acids is 2. The minimum atomic E-state index is -1.10. The molecule has 0 spiro atoms. The number of hydrogen-bond donors (Lipinski definition) is 6. The molecule has 6 N–H and O–H groups in total. The van der Waals surface area contributed by atoms with Gasteiger partial charge in [0.15, 0.2) is 0 Å². The molecule has 0 aliphatic heterocycles. The minimum absolute atomic E-state index is 0.228. The van der Waals surface area contributed by atoms with Gasteiger partial charge >= 0.3 is 11.9 Å². The van der Waals surface area contributed by atoms with E-state index in [0.29, 0.717) is 6.42 Å². The predicted molar refractivity (Wildman–Crippen MR) is 127 cm³/mol. The average Bonchev–Trinajstić information content (AvgIpc) is 2.71. The second-order valence-corrected chi connectivity index (χ2v) is 9.42. The van der Waals surface area contributed by atoms with Crippen LogP contribution in [0.4, 0.5) is 0 Å². The molecule has 2 unspecified atom stereocenters. The molecule has 4 amide bonds. The fraction of sp³-hybridized carbons (Fsp3) is 0.739. The molecule has 0 fully saturated rings. The number of hydrogen-bond acceptors (Lipinski definition) is 6. The van der Waals surface area contributed by atoms with Gasteiger partial charge in [0.05, 0.1) is 12.8 Å². The van der Waals surface area contributed by atoms with Gasteiger partial charge < -0.3 is 31.5 Å². The largest absolute Gasteiger partial charge is 0.481 e. The Labute approximate surface area is 206 Å². The molecule has 4 atom stereocenters. The van der Waals surface area contributed by atoms with Crippen molar-refractivity contribution in [3.8, 4) is 0 Å². The third-order valence-corrected chi connectivity index (χ3v) is 5.15. The number of carbonyl (C=O) groups excluding carboxylic acids is 4. The van der Waals surface area contributed by atoms with Gasteiger partial charge in [0.1, 0.15) is 12.1 Å². The molecular formula is C23H40N4O8. The van der Waals surface area contributed by atoms with Crippen molar-refractivity contribution in [1.29, 1.82) is 0 Å². The molecule has 0 aromatic heterocycles. The normalized spacial score (nSPS) is 14.4. The Morgan fingerprint density at radius 2 is 0.857 bits per heavy atom. The fourth-order valence-corrected chi connectivity index (χ4v) is 3.32. The molecule has 0 rings (SSSR count). The van der Waals surface area contributed by atoms with Gasteiger partial charge in [-0.1, -0.05) is 27.7 Å². The molecule has 0 radical (unpaired) electrons. The Morgan fingerprint density at radius 1 is 0.543 bits per heavy atom. The molecule has 0 aliphatic rings. The average molecular weight is 501 g/mol. The molecule has 0 aliphatic carbocycles. The quantitative estimate of drug-likeness (QED) is 0.175. The Morgan fingerprint density at radius 3 is 1.11 bits per heavy atom. The molecular weight excluding hydrogens is 460 g/mol. The smallest absolute Gasteiger partial charge is 0.303 e. The van der Waals surface area contributed by atoms with Crippen molar-refractivity contribution in [2.45, 2.75) is 97.8 Å². The summed E-state index contributed by atoms with van der Waals surface area (Å²) in [7, 11) is 0. The number of rotatable bonds is 16. The Kier molecular flexibility index (Phi) is 14.2. The molecule has 0 saturated heterocycles. The van der Waals surface area contributed by atoms with Crippen LogP contribution in [0.15, 0.2) is 0 Å². The van der Waals surface area contributed by atoms with E-state index in [0.717, 1.165) is 0 Å². The molecule has 12 heteroatoms.